The highest BCUT2D eigenvalue weighted by Gasteiger charge is 2.36. The molecule has 0 spiro atoms. The molecule has 2 unspecified atom stereocenters. The summed E-state index contributed by atoms with van der Waals surface area (Å²) in [4.78, 5) is 26.5. The molecule has 0 amide bonds. The first kappa shape index (κ1) is 24.1. The zero-order valence-corrected chi connectivity index (χ0v) is 20.0. The number of nitrogens with one attached hydrogen (secondary N) is 1. The maximum absolute atomic E-state index is 13.5. The second-order valence-electron chi connectivity index (χ2n) is 9.29. The molecule has 2 aromatic carbocycles. The Morgan fingerprint density at radius 3 is 2.60 bits per heavy atom. The number of aliphatic hydroxyl groups excluding tert-OH is 1. The fourth-order valence-electron chi connectivity index (χ4n) is 5.26. The lowest BCUT2D eigenvalue weighted by molar-refractivity contribution is -0.133. The Balaban J connectivity index is 1.26. The lowest BCUT2D eigenvalue weighted by Crippen LogP contribution is -2.44. The van der Waals surface area contributed by atoms with Gasteiger partial charge in [0.25, 0.3) is 0 Å². The van der Waals surface area contributed by atoms with Gasteiger partial charge in [0.05, 0.1) is 12.2 Å². The average molecular weight is 499 g/mol. The van der Waals surface area contributed by atoms with Gasteiger partial charge in [0, 0.05) is 35.4 Å². The lowest BCUT2D eigenvalue weighted by Gasteiger charge is -2.33. The van der Waals surface area contributed by atoms with E-state index in [9.17, 15) is 19.1 Å². The second-order valence-corrected chi connectivity index (χ2v) is 9.73. The number of carbonyl (C=O) groups is 2. The lowest BCUT2D eigenvalue weighted by atomic mass is 9.89. The van der Waals surface area contributed by atoms with Gasteiger partial charge >= 0.3 is 0 Å². The number of rotatable bonds is 7. The van der Waals surface area contributed by atoms with E-state index in [4.69, 9.17) is 11.6 Å². The monoisotopic (exact) mass is 498 g/mol. The van der Waals surface area contributed by atoms with Gasteiger partial charge in [-0.25, -0.2) is 4.39 Å². The minimum atomic E-state index is -0.979. The van der Waals surface area contributed by atoms with E-state index in [2.05, 4.69) is 21.0 Å². The molecule has 2 atom stereocenters. The molecule has 0 saturated carbocycles. The van der Waals surface area contributed by atoms with Crippen LogP contribution in [-0.4, -0.2) is 76.7 Å². The zero-order chi connectivity index (χ0) is 24.5. The first-order valence-electron chi connectivity index (χ1n) is 11.9. The van der Waals surface area contributed by atoms with Crippen LogP contribution in [0, 0.1) is 5.82 Å². The average Bonchev–Trinajstić information content (AvgIpc) is 3.43. The molecule has 3 heterocycles. The fraction of sp³-hybridized carbons (Fsp3) is 0.385. The molecular weight excluding hydrogens is 471 g/mol. The number of likely N-dealkylation sites (tertiary alicyclic amines) is 1. The number of benzene rings is 2. The molecule has 35 heavy (non-hydrogen) atoms. The summed E-state index contributed by atoms with van der Waals surface area (Å²) in [6.07, 6.45) is 3.41. The third kappa shape index (κ3) is 4.90. The van der Waals surface area contributed by atoms with Gasteiger partial charge in [-0.05, 0) is 79.9 Å². The number of carbonyl (C=O) groups excluding carboxylic acids is 2. The molecule has 0 radical (unpaired) electrons. The van der Waals surface area contributed by atoms with Crippen molar-refractivity contribution in [2.24, 2.45) is 0 Å². The Hall–Kier alpha value is -2.62. The largest absolute Gasteiger partial charge is 0.376 e. The summed E-state index contributed by atoms with van der Waals surface area (Å²) in [6.45, 7) is 3.61. The molecule has 2 saturated heterocycles. The molecule has 3 aromatic rings. The number of aromatic nitrogens is 1. The van der Waals surface area contributed by atoms with E-state index >= 15 is 0 Å². The molecule has 2 aliphatic heterocycles. The van der Waals surface area contributed by atoms with Crippen molar-refractivity contribution in [3.8, 4) is 5.69 Å². The van der Waals surface area contributed by atoms with Crippen LogP contribution in [0.4, 0.5) is 4.39 Å². The van der Waals surface area contributed by atoms with Crippen LogP contribution >= 0.6 is 11.6 Å². The summed E-state index contributed by atoms with van der Waals surface area (Å²) < 4.78 is 15.6. The smallest absolute Gasteiger partial charge is 0.216 e. The number of hydrogen-bond donors (Lipinski definition) is 2. The standard InChI is InChI=1S/C26H28ClFN4O3/c27-18-1-6-23-21(13-18)22(14-32(23)20-4-2-19(28)3-5-20)17-7-9-30(10-8-17)11-12-31-16-29-25(26(31)35)24(34)15-33/h1-6,13-15,17,25-26,29,35H,7-12,16H2. The van der Waals surface area contributed by atoms with Crippen molar-refractivity contribution in [1.29, 1.82) is 0 Å². The Bertz CT molecular complexity index is 1220. The van der Waals surface area contributed by atoms with Crippen molar-refractivity contribution in [2.45, 2.75) is 31.0 Å². The van der Waals surface area contributed by atoms with Crippen LogP contribution < -0.4 is 5.32 Å². The quantitative estimate of drug-likeness (QED) is 0.385. The van der Waals surface area contributed by atoms with Gasteiger partial charge in [-0.2, -0.15) is 0 Å². The van der Waals surface area contributed by atoms with Gasteiger partial charge in [0.2, 0.25) is 5.78 Å². The summed E-state index contributed by atoms with van der Waals surface area (Å²) in [5.41, 5.74) is 3.21. The van der Waals surface area contributed by atoms with E-state index in [0.29, 0.717) is 24.2 Å². The molecule has 0 bridgehead atoms. The minimum absolute atomic E-state index is 0.259. The summed E-state index contributed by atoms with van der Waals surface area (Å²) in [7, 11) is 0. The van der Waals surface area contributed by atoms with E-state index in [1.54, 1.807) is 17.0 Å². The molecule has 5 rings (SSSR count). The predicted molar refractivity (Wildman–Crippen MR) is 132 cm³/mol. The van der Waals surface area contributed by atoms with E-state index in [1.807, 2.05) is 18.2 Å². The first-order chi connectivity index (χ1) is 16.9. The van der Waals surface area contributed by atoms with Gasteiger partial charge in [-0.3, -0.25) is 19.8 Å². The van der Waals surface area contributed by atoms with Gasteiger partial charge in [0.1, 0.15) is 18.1 Å². The number of aldehydes is 1. The number of Topliss-reactive ketones (excluding diaryl/α,β-unsaturated/α-hetero) is 1. The van der Waals surface area contributed by atoms with E-state index in [0.717, 1.165) is 49.1 Å². The molecule has 0 aliphatic carbocycles. The fourth-order valence-corrected chi connectivity index (χ4v) is 5.44. The van der Waals surface area contributed by atoms with Crippen molar-refractivity contribution >= 4 is 34.6 Å². The molecule has 184 valence electrons. The molecular formula is C26H28ClFN4O3. The van der Waals surface area contributed by atoms with Crippen LogP contribution in [0.1, 0.15) is 24.3 Å². The third-order valence-electron chi connectivity index (χ3n) is 7.24. The Kier molecular flexibility index (Phi) is 7.00. The minimum Gasteiger partial charge on any atom is -0.376 e. The highest BCUT2D eigenvalue weighted by atomic mass is 35.5. The maximum atomic E-state index is 13.5. The molecule has 2 N–H and O–H groups in total. The van der Waals surface area contributed by atoms with Gasteiger partial charge in [-0.1, -0.05) is 11.6 Å². The van der Waals surface area contributed by atoms with Gasteiger partial charge in [0.15, 0.2) is 6.29 Å². The third-order valence-corrected chi connectivity index (χ3v) is 7.48. The number of halogens is 2. The Morgan fingerprint density at radius 1 is 1.14 bits per heavy atom. The van der Waals surface area contributed by atoms with Gasteiger partial charge < -0.3 is 14.6 Å². The topological polar surface area (TPSA) is 77.8 Å². The summed E-state index contributed by atoms with van der Waals surface area (Å²) >= 11 is 6.35. The SMILES string of the molecule is O=CC(=O)C1NCN(CCN2CCC(c3cn(-c4ccc(F)cc4)c4ccc(Cl)cc34)CC2)C1O. The highest BCUT2D eigenvalue weighted by molar-refractivity contribution is 6.31. The highest BCUT2D eigenvalue weighted by Crippen LogP contribution is 2.37. The van der Waals surface area contributed by atoms with E-state index < -0.39 is 18.1 Å². The molecule has 2 aliphatic rings. The molecule has 2 fully saturated rings. The van der Waals surface area contributed by atoms with Crippen LogP contribution in [-0.2, 0) is 9.59 Å². The Labute approximate surface area is 208 Å². The predicted octanol–water partition coefficient (Wildman–Crippen LogP) is 2.92. The van der Waals surface area contributed by atoms with Crippen LogP contribution in [0.2, 0.25) is 5.02 Å². The first-order valence-corrected chi connectivity index (χ1v) is 12.3. The number of aliphatic hydroxyl groups is 1. The second kappa shape index (κ2) is 10.2. The van der Waals surface area contributed by atoms with Crippen molar-refractivity contribution in [3.63, 3.8) is 0 Å². The number of piperidine rings is 1. The van der Waals surface area contributed by atoms with Crippen LogP contribution in [0.5, 0.6) is 0 Å². The van der Waals surface area contributed by atoms with Gasteiger partial charge in [-0.15, -0.1) is 0 Å². The van der Waals surface area contributed by atoms with E-state index in [1.165, 1.54) is 17.7 Å². The molecule has 1 aromatic heterocycles. The zero-order valence-electron chi connectivity index (χ0n) is 19.2. The van der Waals surface area contributed by atoms with Crippen molar-refractivity contribution in [1.82, 2.24) is 19.7 Å². The van der Waals surface area contributed by atoms with E-state index in [-0.39, 0.29) is 12.1 Å². The maximum Gasteiger partial charge on any atom is 0.216 e. The normalized spacial score (nSPS) is 22.1. The molecule has 7 nitrogen and oxygen atoms in total. The van der Waals surface area contributed by atoms with Crippen molar-refractivity contribution < 1.29 is 19.1 Å². The number of fused-ring (bicyclic) bond motifs is 1. The van der Waals surface area contributed by atoms with Crippen LogP contribution in [0.25, 0.3) is 16.6 Å². The number of nitrogens with zero attached hydrogens (tertiary/aromatic N) is 3. The summed E-state index contributed by atoms with van der Waals surface area (Å²) in [5, 5.41) is 15.1. The number of ketones is 1. The van der Waals surface area contributed by atoms with Crippen LogP contribution in [0.15, 0.2) is 48.7 Å². The van der Waals surface area contributed by atoms with Crippen molar-refractivity contribution in [3.05, 3.63) is 65.1 Å². The number of hydrogen-bond acceptors (Lipinski definition) is 6. The Morgan fingerprint density at radius 2 is 1.89 bits per heavy atom. The van der Waals surface area contributed by atoms with Crippen LogP contribution in [0.3, 0.4) is 0 Å². The summed E-state index contributed by atoms with van der Waals surface area (Å²) in [5.74, 6) is -0.507. The molecule has 9 heteroatoms. The summed E-state index contributed by atoms with van der Waals surface area (Å²) in [6, 6.07) is 11.6. The van der Waals surface area contributed by atoms with Crippen molar-refractivity contribution in [2.75, 3.05) is 32.8 Å².